The Morgan fingerprint density at radius 2 is 1.58 bits per heavy atom. The maximum absolute atomic E-state index is 13.3. The van der Waals surface area contributed by atoms with Crippen molar-refractivity contribution < 1.29 is 9.90 Å². The van der Waals surface area contributed by atoms with E-state index in [-0.39, 0.29) is 39.3 Å². The molecule has 1 fully saturated rings. The molecule has 0 unspecified atom stereocenters. The fourth-order valence-corrected chi connectivity index (χ4v) is 6.86. The molecule has 0 saturated carbocycles. The highest BCUT2D eigenvalue weighted by Crippen LogP contribution is 2.46. The summed E-state index contributed by atoms with van der Waals surface area (Å²) >= 11 is 3.40. The monoisotopic (exact) mass is 489 g/mol. The summed E-state index contributed by atoms with van der Waals surface area (Å²) in [7, 11) is 0. The SMILES string of the molecule is CC(C)(C)c1cc([C@H]2SCC(=O)Nc3c2c(=O)[nH]n3C2CCSCC2)cc(C(C)(C)C)c1O. The second-order valence-corrected chi connectivity index (χ2v) is 13.4. The lowest BCUT2D eigenvalue weighted by molar-refractivity contribution is -0.113. The van der Waals surface area contributed by atoms with Crippen LogP contribution in [0.2, 0.25) is 0 Å². The Balaban J connectivity index is 1.91. The minimum atomic E-state index is -0.301. The minimum absolute atomic E-state index is 0.0902. The fourth-order valence-electron chi connectivity index (χ4n) is 4.68. The van der Waals surface area contributed by atoms with Crippen molar-refractivity contribution in [1.29, 1.82) is 0 Å². The van der Waals surface area contributed by atoms with Crippen molar-refractivity contribution in [3.63, 3.8) is 0 Å². The van der Waals surface area contributed by atoms with Crippen molar-refractivity contribution in [2.75, 3.05) is 22.6 Å². The van der Waals surface area contributed by atoms with Gasteiger partial charge in [-0.25, -0.2) is 0 Å². The fraction of sp³-hybridized carbons (Fsp3) is 0.600. The topological polar surface area (TPSA) is 87.1 Å². The third kappa shape index (κ3) is 4.74. The van der Waals surface area contributed by atoms with Crippen LogP contribution in [0.5, 0.6) is 5.75 Å². The van der Waals surface area contributed by atoms with Gasteiger partial charge in [0.2, 0.25) is 5.91 Å². The van der Waals surface area contributed by atoms with Gasteiger partial charge >= 0.3 is 0 Å². The van der Waals surface area contributed by atoms with Crippen molar-refractivity contribution in [2.24, 2.45) is 0 Å². The predicted octanol–water partition coefficient (Wildman–Crippen LogP) is 5.32. The predicted molar refractivity (Wildman–Crippen MR) is 139 cm³/mol. The lowest BCUT2D eigenvalue weighted by Gasteiger charge is -2.29. The molecule has 3 heterocycles. The summed E-state index contributed by atoms with van der Waals surface area (Å²) in [6.07, 6.45) is 1.94. The second-order valence-electron chi connectivity index (χ2n) is 11.1. The number of phenols is 1. The number of hydrogen-bond donors (Lipinski definition) is 3. The van der Waals surface area contributed by atoms with E-state index in [4.69, 9.17) is 0 Å². The molecule has 33 heavy (non-hydrogen) atoms. The molecule has 180 valence electrons. The van der Waals surface area contributed by atoms with E-state index in [0.717, 1.165) is 41.0 Å². The lowest BCUT2D eigenvalue weighted by Crippen LogP contribution is -2.22. The molecule has 0 bridgehead atoms. The Morgan fingerprint density at radius 3 is 2.12 bits per heavy atom. The average molecular weight is 490 g/mol. The maximum Gasteiger partial charge on any atom is 0.270 e. The van der Waals surface area contributed by atoms with Crippen molar-refractivity contribution in [3.8, 4) is 5.75 Å². The first-order valence-corrected chi connectivity index (χ1v) is 13.8. The number of aromatic hydroxyl groups is 1. The number of fused-ring (bicyclic) bond motifs is 1. The van der Waals surface area contributed by atoms with Crippen LogP contribution in [-0.2, 0) is 15.6 Å². The van der Waals surface area contributed by atoms with Crippen LogP contribution in [-0.4, -0.2) is 38.1 Å². The Labute approximate surface area is 204 Å². The van der Waals surface area contributed by atoms with Gasteiger partial charge in [-0.3, -0.25) is 19.4 Å². The summed E-state index contributed by atoms with van der Waals surface area (Å²) < 4.78 is 1.91. The molecule has 6 nitrogen and oxygen atoms in total. The van der Waals surface area contributed by atoms with E-state index in [1.54, 1.807) is 0 Å². The third-order valence-electron chi connectivity index (χ3n) is 6.47. The first-order chi connectivity index (χ1) is 15.4. The first-order valence-electron chi connectivity index (χ1n) is 11.6. The number of nitrogens with zero attached hydrogens (tertiary/aromatic N) is 1. The van der Waals surface area contributed by atoms with Crippen LogP contribution in [0.4, 0.5) is 5.82 Å². The molecule has 2 aliphatic heterocycles. The van der Waals surface area contributed by atoms with E-state index in [9.17, 15) is 14.7 Å². The number of aromatic amines is 1. The quantitative estimate of drug-likeness (QED) is 0.531. The molecule has 1 amide bonds. The highest BCUT2D eigenvalue weighted by Gasteiger charge is 2.35. The van der Waals surface area contributed by atoms with Crippen molar-refractivity contribution in [3.05, 3.63) is 44.7 Å². The van der Waals surface area contributed by atoms with Crippen molar-refractivity contribution in [1.82, 2.24) is 9.78 Å². The van der Waals surface area contributed by atoms with Crippen LogP contribution in [0.3, 0.4) is 0 Å². The average Bonchev–Trinajstić information content (AvgIpc) is 2.92. The van der Waals surface area contributed by atoms with Crippen LogP contribution in [0.1, 0.15) is 87.9 Å². The molecule has 0 spiro atoms. The minimum Gasteiger partial charge on any atom is -0.507 e. The summed E-state index contributed by atoms with van der Waals surface area (Å²) in [5, 5.41) is 16.9. The van der Waals surface area contributed by atoms with E-state index in [1.165, 1.54) is 11.8 Å². The van der Waals surface area contributed by atoms with Crippen molar-refractivity contribution in [2.45, 2.75) is 76.5 Å². The molecule has 4 rings (SSSR count). The van der Waals surface area contributed by atoms with Crippen LogP contribution in [0, 0.1) is 0 Å². The smallest absolute Gasteiger partial charge is 0.270 e. The van der Waals surface area contributed by atoms with Gasteiger partial charge < -0.3 is 10.4 Å². The number of rotatable bonds is 2. The first kappa shape index (κ1) is 24.3. The van der Waals surface area contributed by atoms with E-state index >= 15 is 0 Å². The summed E-state index contributed by atoms with van der Waals surface area (Å²) in [6, 6.07) is 4.23. The van der Waals surface area contributed by atoms with Crippen LogP contribution in [0.15, 0.2) is 16.9 Å². The molecular formula is C25H35N3O3S2. The Morgan fingerprint density at radius 1 is 1.00 bits per heavy atom. The number of amides is 1. The van der Waals surface area contributed by atoms with E-state index < -0.39 is 0 Å². The number of carbonyl (C=O) groups is 1. The zero-order chi connectivity index (χ0) is 24.1. The molecule has 3 N–H and O–H groups in total. The molecule has 2 aromatic rings. The molecule has 0 aliphatic carbocycles. The largest absolute Gasteiger partial charge is 0.507 e. The van der Waals surface area contributed by atoms with Crippen LogP contribution in [0.25, 0.3) is 0 Å². The zero-order valence-corrected chi connectivity index (χ0v) is 22.0. The summed E-state index contributed by atoms with van der Waals surface area (Å²) in [5.74, 6) is 3.21. The van der Waals surface area contributed by atoms with Crippen LogP contribution < -0.4 is 10.9 Å². The number of hydrogen-bond acceptors (Lipinski definition) is 5. The number of thioether (sulfide) groups is 2. The summed E-state index contributed by atoms with van der Waals surface area (Å²) in [6.45, 7) is 12.5. The second kappa shape index (κ2) is 8.77. The van der Waals surface area contributed by atoms with Crippen molar-refractivity contribution >= 4 is 35.2 Å². The maximum atomic E-state index is 13.3. The normalized spacial score (nSPS) is 20.3. The Hall–Kier alpha value is -1.80. The lowest BCUT2D eigenvalue weighted by atomic mass is 9.78. The number of benzene rings is 1. The number of aromatic nitrogens is 2. The number of nitrogens with one attached hydrogen (secondary N) is 2. The number of H-pyrrole nitrogens is 1. The molecule has 0 radical (unpaired) electrons. The highest BCUT2D eigenvalue weighted by atomic mass is 32.2. The van der Waals surface area contributed by atoms with E-state index in [1.807, 2.05) is 28.6 Å². The molecule has 2 aliphatic rings. The van der Waals surface area contributed by atoms with Gasteiger partial charge in [0.25, 0.3) is 5.56 Å². The zero-order valence-electron chi connectivity index (χ0n) is 20.4. The van der Waals surface area contributed by atoms with Gasteiger partial charge in [0.05, 0.1) is 22.6 Å². The Bertz CT molecular complexity index is 1080. The van der Waals surface area contributed by atoms with Gasteiger partial charge in [-0.1, -0.05) is 53.7 Å². The van der Waals surface area contributed by atoms with Gasteiger partial charge in [0.15, 0.2) is 0 Å². The van der Waals surface area contributed by atoms with Gasteiger partial charge in [-0.2, -0.15) is 11.8 Å². The van der Waals surface area contributed by atoms with Gasteiger partial charge in [-0.15, -0.1) is 11.8 Å². The standard InChI is InChI=1S/C25H35N3O3S2/c1-24(2,3)16-11-14(12-17(20(16)30)25(4,5)6)21-19-22(26-18(29)13-33-21)28(27-23(19)31)15-7-9-32-10-8-15/h11-12,15,21,30H,7-10,13H2,1-6H3,(H,26,29)(H,27,31)/t21-/m1/s1. The number of anilines is 1. The van der Waals surface area contributed by atoms with Crippen LogP contribution >= 0.6 is 23.5 Å². The molecule has 1 saturated heterocycles. The van der Waals surface area contributed by atoms with Gasteiger partial charge in [0, 0.05) is 0 Å². The highest BCUT2D eigenvalue weighted by molar-refractivity contribution is 8.00. The molecule has 8 heteroatoms. The molecular weight excluding hydrogens is 454 g/mol. The summed E-state index contributed by atoms with van der Waals surface area (Å²) in [5.41, 5.74) is 2.58. The summed E-state index contributed by atoms with van der Waals surface area (Å²) in [4.78, 5) is 26.0. The Kier molecular flexibility index (Phi) is 6.46. The molecule has 1 aromatic carbocycles. The molecule has 1 atom stereocenters. The van der Waals surface area contributed by atoms with Gasteiger partial charge in [0.1, 0.15) is 11.6 Å². The number of carbonyl (C=O) groups excluding carboxylic acids is 1. The van der Waals surface area contributed by atoms with E-state index in [2.05, 4.69) is 52.0 Å². The number of phenolic OH excluding ortho intramolecular Hbond substituents is 1. The van der Waals surface area contributed by atoms with Gasteiger partial charge in [-0.05, 0) is 51.9 Å². The van der Waals surface area contributed by atoms with E-state index in [0.29, 0.717) is 17.1 Å². The third-order valence-corrected chi connectivity index (χ3v) is 8.79. The molecule has 1 aromatic heterocycles.